The SMILES string of the molecule is CN1CCN(Cc2cc3nc(-c4cccc(O[Si](C)(C)CC(C)(C)C)c4)nc(N4CCOCC4)c3s2)CC1. The third-order valence-electron chi connectivity index (χ3n) is 7.13. The molecule has 4 heterocycles. The van der Waals surface area contributed by atoms with Crippen molar-refractivity contribution in [2.24, 2.45) is 5.41 Å². The maximum Gasteiger partial charge on any atom is 0.245 e. The number of hydrogen-bond acceptors (Lipinski definition) is 8. The molecule has 2 saturated heterocycles. The fourth-order valence-corrected chi connectivity index (χ4v) is 10.3. The predicted octanol–water partition coefficient (Wildman–Crippen LogP) is 5.57. The third kappa shape index (κ3) is 6.93. The number of benzene rings is 1. The lowest BCUT2D eigenvalue weighted by molar-refractivity contribution is 0.122. The van der Waals surface area contributed by atoms with Gasteiger partial charge in [-0.1, -0.05) is 32.9 Å². The van der Waals surface area contributed by atoms with Crippen LogP contribution in [0.25, 0.3) is 21.6 Å². The van der Waals surface area contributed by atoms with Gasteiger partial charge in [0.25, 0.3) is 0 Å². The van der Waals surface area contributed by atoms with Gasteiger partial charge in [0.05, 0.1) is 23.4 Å². The van der Waals surface area contributed by atoms with Gasteiger partial charge in [-0.2, -0.15) is 0 Å². The highest BCUT2D eigenvalue weighted by molar-refractivity contribution is 7.19. The number of ether oxygens (including phenoxy) is 1. The number of hydrogen-bond donors (Lipinski definition) is 0. The number of thiophene rings is 1. The first-order chi connectivity index (χ1) is 18.0. The first kappa shape index (κ1) is 27.5. The van der Waals surface area contributed by atoms with E-state index in [4.69, 9.17) is 19.1 Å². The van der Waals surface area contributed by atoms with E-state index in [2.05, 4.69) is 85.9 Å². The normalized spacial score (nSPS) is 18.3. The monoisotopic (exact) mass is 553 g/mol. The summed E-state index contributed by atoms with van der Waals surface area (Å²) in [6.07, 6.45) is 0. The van der Waals surface area contributed by atoms with Crippen molar-refractivity contribution in [1.29, 1.82) is 0 Å². The third-order valence-corrected chi connectivity index (χ3v) is 10.9. The summed E-state index contributed by atoms with van der Waals surface area (Å²) in [5, 5.41) is 0. The van der Waals surface area contributed by atoms with Crippen LogP contribution < -0.4 is 9.33 Å². The molecule has 5 rings (SSSR count). The van der Waals surface area contributed by atoms with Crippen molar-refractivity contribution in [2.45, 2.75) is 46.5 Å². The molecule has 7 nitrogen and oxygen atoms in total. The molecule has 0 unspecified atom stereocenters. The largest absolute Gasteiger partial charge is 0.544 e. The number of anilines is 1. The van der Waals surface area contributed by atoms with Crippen molar-refractivity contribution in [3.8, 4) is 17.1 Å². The van der Waals surface area contributed by atoms with Crippen LogP contribution in [0.3, 0.4) is 0 Å². The molecule has 9 heteroatoms. The first-order valence-corrected chi connectivity index (χ1v) is 17.8. The maximum absolute atomic E-state index is 6.62. The molecule has 3 aromatic rings. The van der Waals surface area contributed by atoms with Gasteiger partial charge in [-0.3, -0.25) is 4.90 Å². The highest BCUT2D eigenvalue weighted by Gasteiger charge is 2.31. The Balaban J connectivity index is 1.46. The number of morpholine rings is 1. The second-order valence-corrected chi connectivity index (χ2v) is 17.8. The zero-order valence-electron chi connectivity index (χ0n) is 23.9. The Morgan fingerprint density at radius 3 is 2.45 bits per heavy atom. The van der Waals surface area contributed by atoms with Crippen molar-refractivity contribution in [2.75, 3.05) is 64.4 Å². The van der Waals surface area contributed by atoms with E-state index in [1.165, 1.54) is 9.58 Å². The van der Waals surface area contributed by atoms with Crippen LogP contribution in [0.5, 0.6) is 5.75 Å². The Bertz CT molecular complexity index is 1240. The Morgan fingerprint density at radius 1 is 1.00 bits per heavy atom. The second-order valence-electron chi connectivity index (χ2n) is 12.6. The highest BCUT2D eigenvalue weighted by atomic mass is 32.1. The molecule has 2 aliphatic heterocycles. The zero-order chi connectivity index (χ0) is 26.9. The van der Waals surface area contributed by atoms with Gasteiger partial charge in [-0.15, -0.1) is 11.3 Å². The van der Waals surface area contributed by atoms with Crippen LogP contribution >= 0.6 is 11.3 Å². The van der Waals surface area contributed by atoms with Crippen LogP contribution in [0.1, 0.15) is 25.6 Å². The lowest BCUT2D eigenvalue weighted by Gasteiger charge is -2.31. The van der Waals surface area contributed by atoms with Gasteiger partial charge in [0.1, 0.15) is 5.75 Å². The molecule has 1 aromatic carbocycles. The Kier molecular flexibility index (Phi) is 8.12. The van der Waals surface area contributed by atoms with E-state index in [9.17, 15) is 0 Å². The maximum atomic E-state index is 6.62. The summed E-state index contributed by atoms with van der Waals surface area (Å²) >= 11 is 1.85. The molecule has 0 saturated carbocycles. The fraction of sp³-hybridized carbons (Fsp3) is 0.586. The summed E-state index contributed by atoms with van der Waals surface area (Å²) < 4.78 is 13.5. The Hall–Kier alpha value is -2.04. The van der Waals surface area contributed by atoms with Crippen molar-refractivity contribution in [3.63, 3.8) is 0 Å². The van der Waals surface area contributed by atoms with E-state index >= 15 is 0 Å². The molecule has 2 aromatic heterocycles. The summed E-state index contributed by atoms with van der Waals surface area (Å²) in [6, 6.07) is 11.7. The minimum atomic E-state index is -1.88. The van der Waals surface area contributed by atoms with E-state index < -0.39 is 8.32 Å². The Morgan fingerprint density at radius 2 is 1.74 bits per heavy atom. The van der Waals surface area contributed by atoms with Crippen molar-refractivity contribution in [3.05, 3.63) is 35.2 Å². The van der Waals surface area contributed by atoms with Crippen LogP contribution in [-0.4, -0.2) is 87.6 Å². The Labute approximate surface area is 232 Å². The molecule has 0 spiro atoms. The van der Waals surface area contributed by atoms with E-state index in [1.54, 1.807) is 0 Å². The molecular weight excluding hydrogens is 511 g/mol. The predicted molar refractivity (Wildman–Crippen MR) is 161 cm³/mol. The molecule has 0 bridgehead atoms. The van der Waals surface area contributed by atoms with Gasteiger partial charge in [0.15, 0.2) is 11.6 Å². The molecular formula is C29H43N5O2SSi. The van der Waals surface area contributed by atoms with Gasteiger partial charge in [0, 0.05) is 56.3 Å². The summed E-state index contributed by atoms with van der Waals surface area (Å²) in [4.78, 5) is 18.9. The first-order valence-electron chi connectivity index (χ1n) is 13.9. The summed E-state index contributed by atoms with van der Waals surface area (Å²) in [5.74, 6) is 2.72. The fourth-order valence-electron chi connectivity index (χ4n) is 5.72. The number of rotatable bonds is 7. The molecule has 2 aliphatic rings. The van der Waals surface area contributed by atoms with E-state index in [0.717, 1.165) is 93.5 Å². The lowest BCUT2D eigenvalue weighted by atomic mass is 10.0. The van der Waals surface area contributed by atoms with Crippen molar-refractivity contribution in [1.82, 2.24) is 19.8 Å². The van der Waals surface area contributed by atoms with Crippen molar-refractivity contribution >= 4 is 35.7 Å². The summed E-state index contributed by atoms with van der Waals surface area (Å²) in [6.45, 7) is 20.1. The van der Waals surface area contributed by atoms with Crippen LogP contribution in [-0.2, 0) is 11.3 Å². The standard InChI is InChI=1S/C29H43N5O2SSi/c1-29(2,3)21-38(5,6)36-23-9-7-8-22(18-23)27-30-25-19-24(20-33-12-10-32(4)11-13-33)37-26(25)28(31-27)34-14-16-35-17-15-34/h7-9,18-19H,10-17,20-21H2,1-6H3. The van der Waals surface area contributed by atoms with Gasteiger partial charge in [-0.25, -0.2) is 9.97 Å². The van der Waals surface area contributed by atoms with E-state index in [-0.39, 0.29) is 5.41 Å². The molecule has 0 N–H and O–H groups in total. The van der Waals surface area contributed by atoms with Gasteiger partial charge >= 0.3 is 0 Å². The quantitative estimate of drug-likeness (QED) is 0.355. The number of aromatic nitrogens is 2. The van der Waals surface area contributed by atoms with Crippen LogP contribution in [0.4, 0.5) is 5.82 Å². The van der Waals surface area contributed by atoms with Crippen LogP contribution in [0.2, 0.25) is 19.1 Å². The average Bonchev–Trinajstić information content (AvgIpc) is 3.26. The van der Waals surface area contributed by atoms with Gasteiger partial charge in [0.2, 0.25) is 8.32 Å². The molecule has 0 atom stereocenters. The number of fused-ring (bicyclic) bond motifs is 1. The minimum Gasteiger partial charge on any atom is -0.544 e. The highest BCUT2D eigenvalue weighted by Crippen LogP contribution is 2.36. The van der Waals surface area contributed by atoms with Crippen molar-refractivity contribution < 1.29 is 9.16 Å². The van der Waals surface area contributed by atoms with Crippen LogP contribution in [0.15, 0.2) is 30.3 Å². The summed E-state index contributed by atoms with van der Waals surface area (Å²) in [7, 11) is 0.328. The minimum absolute atomic E-state index is 0.245. The van der Waals surface area contributed by atoms with E-state index in [1.807, 2.05) is 11.3 Å². The summed E-state index contributed by atoms with van der Waals surface area (Å²) in [5.41, 5.74) is 2.29. The molecule has 0 aliphatic carbocycles. The zero-order valence-corrected chi connectivity index (χ0v) is 25.7. The second kappa shape index (κ2) is 11.2. The molecule has 38 heavy (non-hydrogen) atoms. The molecule has 206 valence electrons. The number of piperazine rings is 1. The molecule has 0 amide bonds. The lowest BCUT2D eigenvalue weighted by Crippen LogP contribution is -2.43. The molecule has 0 radical (unpaired) electrons. The van der Waals surface area contributed by atoms with Crippen LogP contribution in [0, 0.1) is 5.41 Å². The molecule has 2 fully saturated rings. The number of nitrogens with zero attached hydrogens (tertiary/aromatic N) is 5. The average molecular weight is 554 g/mol. The number of likely N-dealkylation sites (N-methyl/N-ethyl adjacent to an activating group) is 1. The smallest absolute Gasteiger partial charge is 0.245 e. The van der Waals surface area contributed by atoms with E-state index in [0.29, 0.717) is 0 Å². The topological polar surface area (TPSA) is 54.0 Å². The van der Waals surface area contributed by atoms with Gasteiger partial charge in [-0.05, 0) is 49.8 Å². The van der Waals surface area contributed by atoms with Gasteiger partial charge < -0.3 is 19.0 Å².